The third-order valence-electron chi connectivity index (χ3n) is 3.49. The zero-order chi connectivity index (χ0) is 9.59. The summed E-state index contributed by atoms with van der Waals surface area (Å²) in [6, 6.07) is 0. The van der Waals surface area contributed by atoms with Crippen LogP contribution in [-0.2, 0) is 32.0 Å². The van der Waals surface area contributed by atoms with Gasteiger partial charge in [0.1, 0.15) is 0 Å². The van der Waals surface area contributed by atoms with Gasteiger partial charge in [0.2, 0.25) is 0 Å². The molecule has 0 aromatic heterocycles. The van der Waals surface area contributed by atoms with Crippen LogP contribution in [0, 0.1) is 23.7 Å². The van der Waals surface area contributed by atoms with Crippen molar-refractivity contribution >= 4 is 11.9 Å². The van der Waals surface area contributed by atoms with Gasteiger partial charge in [-0.3, -0.25) is 9.59 Å². The first-order valence-electron chi connectivity index (χ1n) is 4.57. The van der Waals surface area contributed by atoms with Crippen LogP contribution in [0.25, 0.3) is 0 Å². The fraction of sp³-hybridized carbons (Fsp3) is 0.778. The Bertz CT molecular complexity index is 240. The molecule has 2 rings (SSSR count). The van der Waals surface area contributed by atoms with Gasteiger partial charge in [0.25, 0.3) is 0 Å². The van der Waals surface area contributed by atoms with Crippen molar-refractivity contribution in [2.75, 3.05) is 0 Å². The van der Waals surface area contributed by atoms with Gasteiger partial charge in [0.05, 0.1) is 11.8 Å². The molecule has 0 heterocycles. The van der Waals surface area contributed by atoms with Crippen molar-refractivity contribution in [2.24, 2.45) is 23.7 Å². The Morgan fingerprint density at radius 1 is 0.929 bits per heavy atom. The van der Waals surface area contributed by atoms with Gasteiger partial charge in [-0.1, -0.05) is 0 Å². The summed E-state index contributed by atoms with van der Waals surface area (Å²) < 4.78 is 0. The van der Waals surface area contributed by atoms with E-state index in [9.17, 15) is 9.59 Å². The Hall–Kier alpha value is -0.320. The van der Waals surface area contributed by atoms with Crippen LogP contribution in [0.2, 0.25) is 0 Å². The third kappa shape index (κ3) is 1.62. The number of fused-ring (bicyclic) bond motifs is 2. The molecule has 0 aromatic rings. The second-order valence-corrected chi connectivity index (χ2v) is 4.06. The number of carboxylic acids is 2. The predicted molar refractivity (Wildman–Crippen MR) is 43.1 cm³/mol. The number of carboxylic acid groups (broad SMARTS) is 2. The topological polar surface area (TPSA) is 74.6 Å². The van der Waals surface area contributed by atoms with E-state index in [0.717, 1.165) is 19.3 Å². The van der Waals surface area contributed by atoms with E-state index in [1.807, 2.05) is 0 Å². The molecule has 4 atom stereocenters. The van der Waals surface area contributed by atoms with Gasteiger partial charge in [-0.2, -0.15) is 0 Å². The standard InChI is InChI=1S/C9H12O4.Ag/c10-8(11)6-4-1-2-5(3-4)7(6)9(12)13;/h4-7H,1-3H2,(H,10,11)(H,12,13);. The van der Waals surface area contributed by atoms with Crippen molar-refractivity contribution in [3.63, 3.8) is 0 Å². The molecule has 2 aliphatic rings. The van der Waals surface area contributed by atoms with Gasteiger partial charge in [0.15, 0.2) is 0 Å². The molecule has 2 aliphatic carbocycles. The van der Waals surface area contributed by atoms with Gasteiger partial charge >= 0.3 is 11.9 Å². The molecule has 2 saturated carbocycles. The SMILES string of the molecule is O=C(O)C1C2CCC(C2)C1C(=O)O.[Ag]. The smallest absolute Gasteiger partial charge is 0.307 e. The minimum absolute atomic E-state index is 0. The van der Waals surface area contributed by atoms with Gasteiger partial charge in [-0.15, -0.1) is 0 Å². The van der Waals surface area contributed by atoms with Crippen LogP contribution in [0.3, 0.4) is 0 Å². The van der Waals surface area contributed by atoms with Gasteiger partial charge in [0, 0.05) is 22.4 Å². The summed E-state index contributed by atoms with van der Waals surface area (Å²) in [5.41, 5.74) is 0. The van der Waals surface area contributed by atoms with E-state index in [4.69, 9.17) is 10.2 Å². The summed E-state index contributed by atoms with van der Waals surface area (Å²) in [6.45, 7) is 0. The van der Waals surface area contributed by atoms with Crippen LogP contribution in [0.4, 0.5) is 0 Å². The largest absolute Gasteiger partial charge is 0.481 e. The fourth-order valence-electron chi connectivity index (χ4n) is 3.00. The summed E-state index contributed by atoms with van der Waals surface area (Å²) >= 11 is 0. The molecule has 4 nitrogen and oxygen atoms in total. The number of carbonyl (C=O) groups is 2. The van der Waals surface area contributed by atoms with Crippen molar-refractivity contribution in [1.29, 1.82) is 0 Å². The van der Waals surface area contributed by atoms with E-state index in [1.165, 1.54) is 0 Å². The molecule has 1 radical (unpaired) electrons. The molecule has 0 spiro atoms. The van der Waals surface area contributed by atoms with Crippen molar-refractivity contribution in [1.82, 2.24) is 0 Å². The van der Waals surface area contributed by atoms with Gasteiger partial charge in [-0.05, 0) is 31.1 Å². The van der Waals surface area contributed by atoms with Crippen molar-refractivity contribution in [3.8, 4) is 0 Å². The van der Waals surface area contributed by atoms with Crippen LogP contribution >= 0.6 is 0 Å². The zero-order valence-corrected chi connectivity index (χ0v) is 8.93. The van der Waals surface area contributed by atoms with Crippen molar-refractivity contribution in [2.45, 2.75) is 19.3 Å². The molecule has 5 heteroatoms. The maximum atomic E-state index is 10.8. The quantitative estimate of drug-likeness (QED) is 0.739. The van der Waals surface area contributed by atoms with Crippen molar-refractivity contribution < 1.29 is 42.2 Å². The first kappa shape index (κ1) is 11.8. The minimum atomic E-state index is -0.931. The Morgan fingerprint density at radius 2 is 1.29 bits per heavy atom. The average molecular weight is 292 g/mol. The Balaban J connectivity index is 0.000000980. The van der Waals surface area contributed by atoms with Crippen LogP contribution in [-0.4, -0.2) is 22.2 Å². The van der Waals surface area contributed by atoms with Crippen LogP contribution in [0.15, 0.2) is 0 Å². The monoisotopic (exact) mass is 291 g/mol. The Labute approximate surface area is 97.2 Å². The van der Waals surface area contributed by atoms with Crippen LogP contribution < -0.4 is 0 Å². The fourth-order valence-corrected chi connectivity index (χ4v) is 3.00. The molecule has 0 aliphatic heterocycles. The van der Waals surface area contributed by atoms with Gasteiger partial charge < -0.3 is 10.2 Å². The van der Waals surface area contributed by atoms with E-state index in [1.54, 1.807) is 0 Å². The summed E-state index contributed by atoms with van der Waals surface area (Å²) in [5.74, 6) is -2.89. The first-order valence-corrected chi connectivity index (χ1v) is 4.57. The van der Waals surface area contributed by atoms with E-state index < -0.39 is 23.8 Å². The maximum Gasteiger partial charge on any atom is 0.307 e. The predicted octanol–water partition coefficient (Wildman–Crippen LogP) is 0.815. The molecule has 4 unspecified atom stereocenters. The minimum Gasteiger partial charge on any atom is -0.481 e. The number of rotatable bonds is 2. The third-order valence-corrected chi connectivity index (χ3v) is 3.49. The molecule has 2 fully saturated rings. The average Bonchev–Trinajstić information content (AvgIpc) is 2.60. The first-order chi connectivity index (χ1) is 6.11. The maximum absolute atomic E-state index is 10.8. The molecule has 14 heavy (non-hydrogen) atoms. The van der Waals surface area contributed by atoms with Crippen molar-refractivity contribution in [3.05, 3.63) is 0 Å². The van der Waals surface area contributed by atoms with E-state index in [2.05, 4.69) is 0 Å². The second-order valence-electron chi connectivity index (χ2n) is 4.06. The Morgan fingerprint density at radius 3 is 1.57 bits per heavy atom. The molecular formula is C9H12AgO4. The number of hydrogen-bond acceptors (Lipinski definition) is 2. The van der Waals surface area contributed by atoms with Gasteiger partial charge in [-0.25, -0.2) is 0 Å². The molecule has 2 bridgehead atoms. The summed E-state index contributed by atoms with van der Waals surface area (Å²) in [5, 5.41) is 17.8. The molecule has 83 valence electrons. The van der Waals surface area contributed by atoms with Crippen LogP contribution in [0.5, 0.6) is 0 Å². The molecule has 0 saturated heterocycles. The van der Waals surface area contributed by atoms with E-state index >= 15 is 0 Å². The summed E-state index contributed by atoms with van der Waals surface area (Å²) in [4.78, 5) is 21.7. The molecule has 0 aromatic carbocycles. The van der Waals surface area contributed by atoms with E-state index in [0.29, 0.717) is 0 Å². The Kier molecular flexibility index (Phi) is 3.40. The second kappa shape index (κ2) is 4.05. The molecular weight excluding hydrogens is 280 g/mol. The molecule has 2 N–H and O–H groups in total. The number of hydrogen-bond donors (Lipinski definition) is 2. The normalized spacial score (nSPS) is 39.1. The van der Waals surface area contributed by atoms with Crippen LogP contribution in [0.1, 0.15) is 19.3 Å². The molecule has 0 amide bonds. The summed E-state index contributed by atoms with van der Waals surface area (Å²) in [7, 11) is 0. The van der Waals surface area contributed by atoms with E-state index in [-0.39, 0.29) is 34.2 Å². The number of aliphatic carboxylic acids is 2. The summed E-state index contributed by atoms with van der Waals surface area (Å²) in [6.07, 6.45) is 2.59. The zero-order valence-electron chi connectivity index (χ0n) is 7.44.